The zero-order valence-corrected chi connectivity index (χ0v) is 17.9. The van der Waals surface area contributed by atoms with Gasteiger partial charge in [-0.3, -0.25) is 0 Å². The second kappa shape index (κ2) is 9.62. The smallest absolute Gasteiger partial charge is 0.319 e. The van der Waals surface area contributed by atoms with E-state index in [2.05, 4.69) is 31.5 Å². The number of likely N-dealkylation sites (N-methyl/N-ethyl adjacent to an activating group) is 1. The molecule has 0 bridgehead atoms. The molecule has 0 radical (unpaired) electrons. The maximum absolute atomic E-state index is 12.5. The summed E-state index contributed by atoms with van der Waals surface area (Å²) in [6, 6.07) is 11.3. The van der Waals surface area contributed by atoms with E-state index in [-0.39, 0.29) is 12.1 Å². The molecule has 0 saturated carbocycles. The molecule has 0 saturated heterocycles. The number of benzene rings is 2. The van der Waals surface area contributed by atoms with Gasteiger partial charge in [0.05, 0.1) is 25.9 Å². The summed E-state index contributed by atoms with van der Waals surface area (Å²) in [7, 11) is 7.18. The number of aryl methyl sites for hydroxylation is 1. The molecule has 146 valence electrons. The van der Waals surface area contributed by atoms with Crippen molar-refractivity contribution in [2.24, 2.45) is 0 Å². The van der Waals surface area contributed by atoms with E-state index in [1.807, 2.05) is 57.4 Å². The zero-order valence-electron chi connectivity index (χ0n) is 16.3. The average Bonchev–Trinajstić information content (AvgIpc) is 2.63. The topological polar surface area (TPSA) is 62.8 Å². The summed E-state index contributed by atoms with van der Waals surface area (Å²) >= 11 is 3.43. The highest BCUT2D eigenvalue weighted by Gasteiger charge is 2.17. The van der Waals surface area contributed by atoms with Crippen LogP contribution in [-0.4, -0.2) is 45.8 Å². The van der Waals surface area contributed by atoms with Gasteiger partial charge in [0.15, 0.2) is 0 Å². The van der Waals surface area contributed by atoms with E-state index in [0.29, 0.717) is 18.0 Å². The third-order valence-corrected chi connectivity index (χ3v) is 4.74. The van der Waals surface area contributed by atoms with Crippen LogP contribution >= 0.6 is 15.9 Å². The van der Waals surface area contributed by atoms with Crippen LogP contribution < -0.4 is 20.1 Å². The molecule has 0 aliphatic carbocycles. The highest BCUT2D eigenvalue weighted by molar-refractivity contribution is 9.10. The minimum Gasteiger partial charge on any atom is -0.497 e. The van der Waals surface area contributed by atoms with Gasteiger partial charge in [-0.05, 0) is 56.4 Å². The largest absolute Gasteiger partial charge is 0.497 e. The summed E-state index contributed by atoms with van der Waals surface area (Å²) in [6.45, 7) is 2.37. The van der Waals surface area contributed by atoms with Crippen LogP contribution in [0.1, 0.15) is 17.2 Å². The Morgan fingerprint density at radius 3 is 2.56 bits per heavy atom. The molecule has 0 spiro atoms. The molecule has 2 aromatic carbocycles. The summed E-state index contributed by atoms with van der Waals surface area (Å²) < 4.78 is 11.6. The van der Waals surface area contributed by atoms with Gasteiger partial charge in [-0.25, -0.2) is 4.79 Å². The van der Waals surface area contributed by atoms with Gasteiger partial charge in [-0.1, -0.05) is 28.1 Å². The molecule has 2 N–H and O–H groups in total. The first-order valence-corrected chi connectivity index (χ1v) is 9.34. The lowest BCUT2D eigenvalue weighted by atomic mass is 10.1. The van der Waals surface area contributed by atoms with Gasteiger partial charge in [-0.15, -0.1) is 0 Å². The summed E-state index contributed by atoms with van der Waals surface area (Å²) in [4.78, 5) is 14.5. The predicted molar refractivity (Wildman–Crippen MR) is 112 cm³/mol. The van der Waals surface area contributed by atoms with Crippen LogP contribution in [-0.2, 0) is 0 Å². The monoisotopic (exact) mass is 435 g/mol. The maximum atomic E-state index is 12.5. The lowest BCUT2D eigenvalue weighted by Crippen LogP contribution is -2.37. The minimum absolute atomic E-state index is 0.0127. The molecule has 2 amide bonds. The highest BCUT2D eigenvalue weighted by Crippen LogP contribution is 2.32. The highest BCUT2D eigenvalue weighted by atomic mass is 79.9. The molecule has 0 aliphatic heterocycles. The third kappa shape index (κ3) is 5.61. The summed E-state index contributed by atoms with van der Waals surface area (Å²) in [5, 5.41) is 5.83. The van der Waals surface area contributed by atoms with Crippen molar-refractivity contribution in [2.45, 2.75) is 13.0 Å². The SMILES string of the molecule is COc1cccc(C(CNC(=O)Nc2c(C)cc(Br)cc2OC)N(C)C)c1. The quantitative estimate of drug-likeness (QED) is 0.683. The molecule has 0 fully saturated rings. The number of anilines is 1. The molecule has 0 aromatic heterocycles. The number of rotatable bonds is 7. The molecule has 6 nitrogen and oxygen atoms in total. The van der Waals surface area contributed by atoms with Crippen LogP contribution in [0.2, 0.25) is 0 Å². The van der Waals surface area contributed by atoms with Gasteiger partial charge in [0.1, 0.15) is 11.5 Å². The van der Waals surface area contributed by atoms with Gasteiger partial charge in [0.2, 0.25) is 0 Å². The van der Waals surface area contributed by atoms with Gasteiger partial charge < -0.3 is 25.0 Å². The summed E-state index contributed by atoms with van der Waals surface area (Å²) in [6.07, 6.45) is 0. The van der Waals surface area contributed by atoms with E-state index in [4.69, 9.17) is 9.47 Å². The minimum atomic E-state index is -0.284. The summed E-state index contributed by atoms with van der Waals surface area (Å²) in [5.74, 6) is 1.40. The van der Waals surface area contributed by atoms with Gasteiger partial charge >= 0.3 is 6.03 Å². The molecule has 1 atom stereocenters. The lowest BCUT2D eigenvalue weighted by molar-refractivity contribution is 0.243. The number of nitrogens with one attached hydrogen (secondary N) is 2. The third-order valence-electron chi connectivity index (χ3n) is 4.28. The Balaban J connectivity index is 2.09. The Labute approximate surface area is 169 Å². The van der Waals surface area contributed by atoms with E-state index in [9.17, 15) is 4.79 Å². The Morgan fingerprint density at radius 2 is 1.93 bits per heavy atom. The number of amides is 2. The predicted octanol–water partition coefficient (Wildman–Crippen LogP) is 4.20. The van der Waals surface area contributed by atoms with E-state index >= 15 is 0 Å². The van der Waals surface area contributed by atoms with Crippen LogP contribution in [0.15, 0.2) is 40.9 Å². The van der Waals surface area contributed by atoms with Crippen LogP contribution in [0.3, 0.4) is 0 Å². The Hall–Kier alpha value is -2.25. The molecule has 0 aliphatic rings. The summed E-state index contributed by atoms with van der Waals surface area (Å²) in [5.41, 5.74) is 2.63. The van der Waals surface area contributed by atoms with Crippen molar-refractivity contribution < 1.29 is 14.3 Å². The molecule has 7 heteroatoms. The maximum Gasteiger partial charge on any atom is 0.319 e. The number of hydrogen-bond donors (Lipinski definition) is 2. The molecular weight excluding hydrogens is 410 g/mol. The average molecular weight is 436 g/mol. The van der Waals surface area contributed by atoms with Crippen molar-refractivity contribution in [1.82, 2.24) is 10.2 Å². The van der Waals surface area contributed by atoms with Gasteiger partial charge in [0.25, 0.3) is 0 Å². The van der Waals surface area contributed by atoms with Crippen molar-refractivity contribution in [3.8, 4) is 11.5 Å². The first kappa shape index (κ1) is 21.1. The number of nitrogens with zero attached hydrogens (tertiary/aromatic N) is 1. The Morgan fingerprint density at radius 1 is 1.19 bits per heavy atom. The number of carbonyl (C=O) groups excluding carboxylic acids is 1. The number of carbonyl (C=O) groups is 1. The second-order valence-corrected chi connectivity index (χ2v) is 7.31. The first-order chi connectivity index (χ1) is 12.8. The zero-order chi connectivity index (χ0) is 20.0. The number of methoxy groups -OCH3 is 2. The number of urea groups is 1. The Bertz CT molecular complexity index is 796. The van der Waals surface area contributed by atoms with Crippen molar-refractivity contribution in [1.29, 1.82) is 0 Å². The number of halogens is 1. The normalized spacial score (nSPS) is 11.8. The molecule has 0 heterocycles. The number of ether oxygens (including phenoxy) is 2. The van der Waals surface area contributed by atoms with Crippen LogP contribution in [0.5, 0.6) is 11.5 Å². The van der Waals surface area contributed by atoms with Crippen LogP contribution in [0.4, 0.5) is 10.5 Å². The molecule has 1 unspecified atom stereocenters. The number of hydrogen-bond acceptors (Lipinski definition) is 4. The van der Waals surface area contributed by atoms with E-state index in [1.54, 1.807) is 14.2 Å². The van der Waals surface area contributed by atoms with E-state index in [1.165, 1.54) is 0 Å². The van der Waals surface area contributed by atoms with Gasteiger partial charge in [-0.2, -0.15) is 0 Å². The van der Waals surface area contributed by atoms with Gasteiger partial charge in [0, 0.05) is 11.0 Å². The molecule has 2 aromatic rings. The van der Waals surface area contributed by atoms with Crippen molar-refractivity contribution in [3.05, 3.63) is 52.0 Å². The van der Waals surface area contributed by atoms with Crippen molar-refractivity contribution in [3.63, 3.8) is 0 Å². The van der Waals surface area contributed by atoms with Crippen molar-refractivity contribution >= 4 is 27.6 Å². The Kier molecular flexibility index (Phi) is 7.50. The fourth-order valence-electron chi connectivity index (χ4n) is 2.83. The van der Waals surface area contributed by atoms with E-state index in [0.717, 1.165) is 21.3 Å². The second-order valence-electron chi connectivity index (χ2n) is 6.39. The van der Waals surface area contributed by atoms with Crippen LogP contribution in [0.25, 0.3) is 0 Å². The fourth-order valence-corrected chi connectivity index (χ4v) is 3.38. The fraction of sp³-hybridized carbons (Fsp3) is 0.350. The van der Waals surface area contributed by atoms with E-state index < -0.39 is 0 Å². The molecule has 2 rings (SSSR count). The molecule has 27 heavy (non-hydrogen) atoms. The first-order valence-electron chi connectivity index (χ1n) is 8.55. The standard InChI is InChI=1S/C20H26BrN3O3/c1-13-9-15(21)11-18(27-5)19(13)23-20(25)22-12-17(24(2)3)14-7-6-8-16(10-14)26-4/h6-11,17H,12H2,1-5H3,(H2,22,23,25). The van der Waals surface area contributed by atoms with Crippen LogP contribution in [0, 0.1) is 6.92 Å². The lowest BCUT2D eigenvalue weighted by Gasteiger charge is -2.25. The molecular formula is C20H26BrN3O3. The van der Waals surface area contributed by atoms with Crippen molar-refractivity contribution in [2.75, 3.05) is 40.2 Å².